The summed E-state index contributed by atoms with van der Waals surface area (Å²) in [6.07, 6.45) is -4.74. The van der Waals surface area contributed by atoms with Gasteiger partial charge in [-0.15, -0.1) is 0 Å². The second-order valence-corrected chi connectivity index (χ2v) is 6.98. The van der Waals surface area contributed by atoms with Gasteiger partial charge in [-0.2, -0.15) is 13.2 Å². The van der Waals surface area contributed by atoms with Crippen LogP contribution in [0.1, 0.15) is 5.56 Å². The van der Waals surface area contributed by atoms with E-state index in [1.807, 2.05) is 0 Å². The Kier molecular flexibility index (Phi) is 4.67. The lowest BCUT2D eigenvalue weighted by Gasteiger charge is -2.12. The zero-order valence-corrected chi connectivity index (χ0v) is 13.4. The summed E-state index contributed by atoms with van der Waals surface area (Å²) in [5.41, 5.74) is -1.91. The van der Waals surface area contributed by atoms with Crippen molar-refractivity contribution in [1.29, 1.82) is 0 Å². The van der Waals surface area contributed by atoms with Crippen molar-refractivity contribution in [2.45, 2.75) is 11.1 Å². The minimum absolute atomic E-state index is 0.0538. The van der Waals surface area contributed by atoms with Crippen molar-refractivity contribution in [3.63, 3.8) is 0 Å². The van der Waals surface area contributed by atoms with Crippen LogP contribution in [0.5, 0.6) is 0 Å². The lowest BCUT2D eigenvalue weighted by Crippen LogP contribution is -2.16. The van der Waals surface area contributed by atoms with E-state index in [0.29, 0.717) is 12.1 Å². The molecular weight excluding hydrogens is 409 g/mol. The first kappa shape index (κ1) is 17.7. The number of hydrogen-bond donors (Lipinski definition) is 1. The number of benzene rings is 2. The molecule has 0 fully saturated rings. The summed E-state index contributed by atoms with van der Waals surface area (Å²) in [7, 11) is -4.53. The molecule has 0 radical (unpaired) electrons. The van der Waals surface area contributed by atoms with Gasteiger partial charge in [-0.25, -0.2) is 17.2 Å². The van der Waals surface area contributed by atoms with Gasteiger partial charge in [0.15, 0.2) is 11.6 Å². The van der Waals surface area contributed by atoms with Gasteiger partial charge in [-0.1, -0.05) is 22.0 Å². The average molecular weight is 416 g/mol. The molecular formula is C13H7BrF5NO2S. The van der Waals surface area contributed by atoms with Crippen LogP contribution in [-0.2, 0) is 16.2 Å². The van der Waals surface area contributed by atoms with Crippen molar-refractivity contribution in [1.82, 2.24) is 0 Å². The van der Waals surface area contributed by atoms with Crippen LogP contribution in [-0.4, -0.2) is 8.42 Å². The van der Waals surface area contributed by atoms with Crippen LogP contribution in [0.4, 0.5) is 27.6 Å². The Morgan fingerprint density at radius 2 is 1.70 bits per heavy atom. The summed E-state index contributed by atoms with van der Waals surface area (Å²) in [4.78, 5) is -0.730. The van der Waals surface area contributed by atoms with E-state index in [-0.39, 0.29) is 4.47 Å². The summed E-state index contributed by atoms with van der Waals surface area (Å²) in [6.45, 7) is 0. The predicted octanol–water partition coefficient (Wildman–Crippen LogP) is 4.55. The molecule has 2 rings (SSSR count). The third-order valence-corrected chi connectivity index (χ3v) is 4.53. The zero-order valence-electron chi connectivity index (χ0n) is 11.0. The van der Waals surface area contributed by atoms with Crippen molar-refractivity contribution in [3.05, 3.63) is 58.1 Å². The highest BCUT2D eigenvalue weighted by molar-refractivity contribution is 9.10. The Balaban J connectivity index is 2.45. The first-order valence-corrected chi connectivity index (χ1v) is 8.13. The minimum Gasteiger partial charge on any atom is -0.276 e. The van der Waals surface area contributed by atoms with Crippen LogP contribution in [0.2, 0.25) is 0 Å². The second-order valence-electron chi connectivity index (χ2n) is 4.38. The summed E-state index contributed by atoms with van der Waals surface area (Å²) in [5, 5.41) is 0. The first-order chi connectivity index (χ1) is 10.5. The molecule has 23 heavy (non-hydrogen) atoms. The highest BCUT2D eigenvalue weighted by Crippen LogP contribution is 2.31. The number of nitrogens with one attached hydrogen (secondary N) is 1. The summed E-state index contributed by atoms with van der Waals surface area (Å²) >= 11 is 2.86. The molecule has 0 unspecified atom stereocenters. The molecule has 0 aromatic heterocycles. The lowest BCUT2D eigenvalue weighted by atomic mass is 10.2. The molecule has 1 N–H and O–H groups in total. The molecule has 0 aliphatic rings. The lowest BCUT2D eigenvalue weighted by molar-refractivity contribution is -0.137. The van der Waals surface area contributed by atoms with Gasteiger partial charge in [0, 0.05) is 4.47 Å². The molecule has 0 saturated carbocycles. The Morgan fingerprint density at radius 1 is 1.04 bits per heavy atom. The van der Waals surface area contributed by atoms with E-state index >= 15 is 0 Å². The molecule has 0 bridgehead atoms. The Morgan fingerprint density at radius 3 is 2.30 bits per heavy atom. The van der Waals surface area contributed by atoms with Gasteiger partial charge < -0.3 is 0 Å². The molecule has 10 heteroatoms. The molecule has 124 valence electrons. The van der Waals surface area contributed by atoms with Gasteiger partial charge in [-0.05, 0) is 30.3 Å². The maximum Gasteiger partial charge on any atom is 0.416 e. The quantitative estimate of drug-likeness (QED) is 0.590. The third kappa shape index (κ3) is 3.99. The number of hydrogen-bond acceptors (Lipinski definition) is 2. The van der Waals surface area contributed by atoms with Crippen LogP contribution >= 0.6 is 15.9 Å². The Hall–Kier alpha value is -1.68. The average Bonchev–Trinajstić information content (AvgIpc) is 2.43. The van der Waals surface area contributed by atoms with Gasteiger partial charge >= 0.3 is 6.18 Å². The normalized spacial score (nSPS) is 12.3. The van der Waals surface area contributed by atoms with E-state index in [9.17, 15) is 30.4 Å². The van der Waals surface area contributed by atoms with Crippen LogP contribution in [0, 0.1) is 11.6 Å². The number of alkyl halides is 3. The molecule has 0 heterocycles. The van der Waals surface area contributed by atoms with Crippen molar-refractivity contribution in [2.75, 3.05) is 4.72 Å². The minimum atomic E-state index is -4.74. The smallest absolute Gasteiger partial charge is 0.276 e. The first-order valence-electron chi connectivity index (χ1n) is 5.85. The largest absolute Gasteiger partial charge is 0.416 e. The van der Waals surface area contributed by atoms with Gasteiger partial charge in [-0.3, -0.25) is 4.72 Å². The Bertz CT molecular complexity index is 852. The van der Waals surface area contributed by atoms with Crippen LogP contribution in [0.15, 0.2) is 45.8 Å². The molecule has 0 aliphatic carbocycles. The molecule has 2 aromatic rings. The monoisotopic (exact) mass is 415 g/mol. The summed E-state index contributed by atoms with van der Waals surface area (Å²) in [6, 6.07) is 4.62. The third-order valence-electron chi connectivity index (χ3n) is 2.71. The van der Waals surface area contributed by atoms with Crippen LogP contribution in [0.25, 0.3) is 0 Å². The number of anilines is 1. The second kappa shape index (κ2) is 6.08. The molecule has 0 spiro atoms. The molecule has 0 amide bonds. The predicted molar refractivity (Wildman–Crippen MR) is 76.3 cm³/mol. The maximum absolute atomic E-state index is 13.6. The fourth-order valence-corrected chi connectivity index (χ4v) is 3.20. The van der Waals surface area contributed by atoms with Crippen LogP contribution in [0.3, 0.4) is 0 Å². The van der Waals surface area contributed by atoms with Crippen molar-refractivity contribution in [2.24, 2.45) is 0 Å². The topological polar surface area (TPSA) is 46.2 Å². The fourth-order valence-electron chi connectivity index (χ4n) is 1.67. The number of rotatable bonds is 3. The highest BCUT2D eigenvalue weighted by atomic mass is 79.9. The van der Waals surface area contributed by atoms with Crippen molar-refractivity contribution in [3.8, 4) is 0 Å². The standard InChI is InChI=1S/C13H7BrF5NO2S/c14-8-5-10(15)12(16)11(6-8)20-23(21,22)9-3-1-2-7(4-9)13(17,18)19/h1-6,20H. The van der Waals surface area contributed by atoms with E-state index in [2.05, 4.69) is 15.9 Å². The van der Waals surface area contributed by atoms with Crippen molar-refractivity contribution >= 4 is 31.6 Å². The van der Waals surface area contributed by atoms with Gasteiger partial charge in [0.05, 0.1) is 16.1 Å². The summed E-state index contributed by atoms with van der Waals surface area (Å²) in [5.74, 6) is -2.79. The van der Waals surface area contributed by atoms with Crippen molar-refractivity contribution < 1.29 is 30.4 Å². The van der Waals surface area contributed by atoms with E-state index < -0.39 is 44.0 Å². The van der Waals surface area contributed by atoms with Gasteiger partial charge in [0.2, 0.25) is 0 Å². The summed E-state index contributed by atoms with van der Waals surface area (Å²) < 4.78 is 90.6. The molecule has 0 atom stereocenters. The fraction of sp³-hybridized carbons (Fsp3) is 0.0769. The number of halogens is 6. The molecule has 0 saturated heterocycles. The SMILES string of the molecule is O=S(=O)(Nc1cc(Br)cc(F)c1F)c1cccc(C(F)(F)F)c1. The molecule has 2 aromatic carbocycles. The van der Waals surface area contributed by atoms with E-state index in [0.717, 1.165) is 24.3 Å². The Labute approximate surface area is 136 Å². The maximum atomic E-state index is 13.6. The molecule has 3 nitrogen and oxygen atoms in total. The van der Waals surface area contributed by atoms with Crippen LogP contribution < -0.4 is 4.72 Å². The van der Waals surface area contributed by atoms with Gasteiger partial charge in [0.25, 0.3) is 10.0 Å². The van der Waals surface area contributed by atoms with E-state index in [1.165, 1.54) is 0 Å². The molecule has 0 aliphatic heterocycles. The van der Waals surface area contributed by atoms with E-state index in [1.54, 1.807) is 4.72 Å². The number of sulfonamides is 1. The zero-order chi connectivity index (χ0) is 17.4. The highest BCUT2D eigenvalue weighted by Gasteiger charge is 2.31. The van der Waals surface area contributed by atoms with Gasteiger partial charge in [0.1, 0.15) is 0 Å². The van der Waals surface area contributed by atoms with E-state index in [4.69, 9.17) is 0 Å².